The molecule has 0 radical (unpaired) electrons. The number of amides is 1. The summed E-state index contributed by atoms with van der Waals surface area (Å²) in [5, 5.41) is 0.499. The molecule has 1 heterocycles. The number of nitrogens with zero attached hydrogens (tertiary/aromatic N) is 2. The Bertz CT molecular complexity index is 591. The molecule has 2 atom stereocenters. The molecule has 1 aromatic rings. The molecule has 0 bridgehead atoms. The number of rotatable bonds is 5. The van der Waals surface area contributed by atoms with E-state index in [1.165, 1.54) is 7.11 Å². The lowest BCUT2D eigenvalue weighted by Crippen LogP contribution is -2.52. The quantitative estimate of drug-likeness (QED) is 0.745. The van der Waals surface area contributed by atoms with Crippen LogP contribution in [-0.4, -0.2) is 66.5 Å². The van der Waals surface area contributed by atoms with Crippen molar-refractivity contribution in [1.29, 1.82) is 0 Å². The molecule has 5 nitrogen and oxygen atoms in total. The molecule has 132 valence electrons. The molecule has 1 aliphatic rings. The van der Waals surface area contributed by atoms with Crippen molar-refractivity contribution >= 4 is 35.2 Å². The van der Waals surface area contributed by atoms with Gasteiger partial charge >= 0.3 is 5.97 Å². The van der Waals surface area contributed by atoms with Crippen molar-refractivity contribution in [3.8, 4) is 0 Å². The molecular weight excluding hydrogens is 348 g/mol. The molecule has 2 unspecified atom stereocenters. The molecule has 0 aliphatic carbocycles. The van der Waals surface area contributed by atoms with Gasteiger partial charge in [0.15, 0.2) is 0 Å². The van der Waals surface area contributed by atoms with Crippen molar-refractivity contribution in [1.82, 2.24) is 9.80 Å². The predicted octanol–water partition coefficient (Wildman–Crippen LogP) is 2.45. The summed E-state index contributed by atoms with van der Waals surface area (Å²) < 4.78 is 4.98. The van der Waals surface area contributed by atoms with Crippen molar-refractivity contribution in [2.24, 2.45) is 0 Å². The van der Waals surface area contributed by atoms with Gasteiger partial charge in [0.1, 0.15) is 6.04 Å². The van der Waals surface area contributed by atoms with E-state index in [9.17, 15) is 9.59 Å². The Morgan fingerprint density at radius 1 is 1.21 bits per heavy atom. The zero-order valence-corrected chi connectivity index (χ0v) is 15.8. The fourth-order valence-corrected chi connectivity index (χ4v) is 3.43. The van der Waals surface area contributed by atoms with Gasteiger partial charge in [0.05, 0.1) is 12.4 Å². The Balaban J connectivity index is 2.13. The number of thioether (sulfide) groups is 1. The van der Waals surface area contributed by atoms with Crippen LogP contribution in [0.1, 0.15) is 18.5 Å². The van der Waals surface area contributed by atoms with Gasteiger partial charge < -0.3 is 9.64 Å². The molecule has 2 rings (SSSR count). The van der Waals surface area contributed by atoms with Gasteiger partial charge in [-0.2, -0.15) is 11.8 Å². The van der Waals surface area contributed by atoms with Crippen LogP contribution in [0, 0.1) is 0 Å². The number of carbonyl (C=O) groups excluding carboxylic acids is 2. The van der Waals surface area contributed by atoms with E-state index in [1.807, 2.05) is 41.2 Å². The van der Waals surface area contributed by atoms with Crippen LogP contribution < -0.4 is 0 Å². The average Bonchev–Trinajstić information content (AvgIpc) is 2.62. The monoisotopic (exact) mass is 370 g/mol. The van der Waals surface area contributed by atoms with Gasteiger partial charge in [0.2, 0.25) is 5.91 Å². The van der Waals surface area contributed by atoms with Crippen LogP contribution in [0.25, 0.3) is 0 Å². The highest BCUT2D eigenvalue weighted by molar-refractivity contribution is 7.99. The molecule has 1 aromatic carbocycles. The highest BCUT2D eigenvalue weighted by Gasteiger charge is 2.34. The minimum Gasteiger partial charge on any atom is -0.468 e. The first kappa shape index (κ1) is 19.1. The maximum atomic E-state index is 12.3. The van der Waals surface area contributed by atoms with E-state index in [2.05, 4.69) is 0 Å². The first-order valence-corrected chi connectivity index (χ1v) is 9.54. The van der Waals surface area contributed by atoms with Gasteiger partial charge in [0.25, 0.3) is 0 Å². The first-order valence-electron chi connectivity index (χ1n) is 7.87. The fourth-order valence-electron chi connectivity index (χ4n) is 2.84. The van der Waals surface area contributed by atoms with Crippen LogP contribution in [-0.2, 0) is 14.3 Å². The number of methoxy groups -OCH3 is 1. The van der Waals surface area contributed by atoms with Crippen LogP contribution in [0.15, 0.2) is 24.3 Å². The molecule has 0 aromatic heterocycles. The van der Waals surface area contributed by atoms with E-state index in [0.29, 0.717) is 31.2 Å². The Morgan fingerprint density at radius 3 is 2.38 bits per heavy atom. The Kier molecular flexibility index (Phi) is 6.95. The van der Waals surface area contributed by atoms with Crippen LogP contribution in [0.2, 0.25) is 5.02 Å². The van der Waals surface area contributed by atoms with E-state index in [0.717, 1.165) is 5.56 Å². The van der Waals surface area contributed by atoms with Crippen molar-refractivity contribution in [3.63, 3.8) is 0 Å². The first-order chi connectivity index (χ1) is 11.5. The topological polar surface area (TPSA) is 49.9 Å². The number of halogens is 1. The lowest BCUT2D eigenvalue weighted by Gasteiger charge is -2.39. The molecule has 0 saturated carbocycles. The van der Waals surface area contributed by atoms with Crippen molar-refractivity contribution < 1.29 is 14.3 Å². The second kappa shape index (κ2) is 8.74. The van der Waals surface area contributed by atoms with Crippen molar-refractivity contribution in [3.05, 3.63) is 34.9 Å². The summed E-state index contributed by atoms with van der Waals surface area (Å²) in [4.78, 5) is 28.5. The summed E-state index contributed by atoms with van der Waals surface area (Å²) in [6, 6.07) is 6.76. The highest BCUT2D eigenvalue weighted by atomic mass is 35.5. The van der Waals surface area contributed by atoms with E-state index >= 15 is 0 Å². The van der Waals surface area contributed by atoms with Crippen LogP contribution in [0.5, 0.6) is 0 Å². The second-order valence-electron chi connectivity index (χ2n) is 5.69. The third kappa shape index (κ3) is 4.23. The summed E-state index contributed by atoms with van der Waals surface area (Å²) in [7, 11) is 1.38. The molecule has 0 N–H and O–H groups in total. The summed E-state index contributed by atoms with van der Waals surface area (Å²) in [6.07, 6.45) is 1.93. The molecule has 1 aliphatic heterocycles. The smallest absolute Gasteiger partial charge is 0.327 e. The minimum absolute atomic E-state index is 0.0449. The van der Waals surface area contributed by atoms with Gasteiger partial charge in [-0.15, -0.1) is 0 Å². The molecule has 1 fully saturated rings. The van der Waals surface area contributed by atoms with E-state index < -0.39 is 6.04 Å². The van der Waals surface area contributed by atoms with Gasteiger partial charge in [-0.3, -0.25) is 9.69 Å². The average molecular weight is 371 g/mol. The lowest BCUT2D eigenvalue weighted by atomic mass is 10.0. The van der Waals surface area contributed by atoms with Gasteiger partial charge in [-0.25, -0.2) is 4.79 Å². The Hall–Kier alpha value is -1.24. The van der Waals surface area contributed by atoms with Gasteiger partial charge in [0, 0.05) is 31.2 Å². The zero-order valence-electron chi connectivity index (χ0n) is 14.2. The van der Waals surface area contributed by atoms with Crippen molar-refractivity contribution in [2.75, 3.05) is 39.5 Å². The number of esters is 1. The number of hydrogen-bond acceptors (Lipinski definition) is 5. The highest BCUT2D eigenvalue weighted by Crippen LogP contribution is 2.29. The van der Waals surface area contributed by atoms with Gasteiger partial charge in [-0.1, -0.05) is 29.8 Å². The fraction of sp³-hybridized carbons (Fsp3) is 0.529. The van der Waals surface area contributed by atoms with Crippen molar-refractivity contribution in [2.45, 2.75) is 18.2 Å². The predicted molar refractivity (Wildman–Crippen MR) is 97.3 cm³/mol. The largest absolute Gasteiger partial charge is 0.468 e. The van der Waals surface area contributed by atoms with Crippen LogP contribution in [0.3, 0.4) is 0 Å². The van der Waals surface area contributed by atoms with E-state index in [4.69, 9.17) is 16.3 Å². The normalized spacial score (nSPS) is 18.1. The zero-order chi connectivity index (χ0) is 17.7. The number of piperazine rings is 1. The molecule has 1 amide bonds. The molecule has 7 heteroatoms. The minimum atomic E-state index is -0.543. The van der Waals surface area contributed by atoms with E-state index in [-0.39, 0.29) is 17.1 Å². The molecule has 24 heavy (non-hydrogen) atoms. The summed E-state index contributed by atoms with van der Waals surface area (Å²) in [6.45, 7) is 4.33. The molecule has 0 spiro atoms. The lowest BCUT2D eigenvalue weighted by molar-refractivity contribution is -0.148. The number of ether oxygens (including phenoxy) is 1. The third-order valence-corrected chi connectivity index (χ3v) is 5.57. The van der Waals surface area contributed by atoms with Crippen LogP contribution in [0.4, 0.5) is 0 Å². The van der Waals surface area contributed by atoms with Crippen LogP contribution >= 0.6 is 23.4 Å². The van der Waals surface area contributed by atoms with E-state index in [1.54, 1.807) is 17.8 Å². The third-order valence-electron chi connectivity index (χ3n) is 4.32. The van der Waals surface area contributed by atoms with Gasteiger partial charge in [-0.05, 0) is 24.8 Å². The Labute approximate surface area is 152 Å². The molecular formula is C17H23ClN2O3S. The maximum Gasteiger partial charge on any atom is 0.327 e. The number of carbonyl (C=O) groups is 2. The SMILES string of the molecule is COC(=O)C(c1ccccc1Cl)N1CCN(C(=O)C(C)SC)CC1. The second-order valence-corrected chi connectivity index (χ2v) is 7.27. The standard InChI is InChI=1S/C17H23ClN2O3S/c1-12(24-3)16(21)20-10-8-19(9-11-20)15(17(22)23-2)13-6-4-5-7-14(13)18/h4-7,12,15H,8-11H2,1-3H3. The summed E-state index contributed by atoms with van der Waals surface area (Å²) in [5.41, 5.74) is 0.739. The number of benzene rings is 1. The maximum absolute atomic E-state index is 12.3. The number of hydrogen-bond donors (Lipinski definition) is 0. The summed E-state index contributed by atoms with van der Waals surface area (Å²) >= 11 is 7.82. The Morgan fingerprint density at radius 2 is 1.83 bits per heavy atom. The molecule has 1 saturated heterocycles. The summed E-state index contributed by atoms with van der Waals surface area (Å²) in [5.74, 6) is -0.185.